The zero-order chi connectivity index (χ0) is 10.7. The summed E-state index contributed by atoms with van der Waals surface area (Å²) in [5, 5.41) is 0. The molecule has 15 heavy (non-hydrogen) atoms. The molecule has 0 bridgehead atoms. The Bertz CT molecular complexity index is 423. The van der Waals surface area contributed by atoms with Crippen LogP contribution in [0.4, 0.5) is 0 Å². The molecule has 3 heteroatoms. The highest BCUT2D eigenvalue weighted by Gasteiger charge is 2.09. The standard InChI is InChI=1S/C12H14N2O/c1-9-4-5-14-12(7-9)11(13)8-10-3-2-6-15-10/h2-7,11H,8,13H2,1H3. The molecule has 0 fully saturated rings. The summed E-state index contributed by atoms with van der Waals surface area (Å²) in [5.41, 5.74) is 8.12. The lowest BCUT2D eigenvalue weighted by Crippen LogP contribution is -2.14. The van der Waals surface area contributed by atoms with Gasteiger partial charge >= 0.3 is 0 Å². The number of aromatic nitrogens is 1. The maximum absolute atomic E-state index is 6.03. The fraction of sp³-hybridized carbons (Fsp3) is 0.250. The minimum absolute atomic E-state index is 0.101. The van der Waals surface area contributed by atoms with Gasteiger partial charge in [0.1, 0.15) is 5.76 Å². The molecule has 0 spiro atoms. The predicted octanol–water partition coefficient (Wildman–Crippen LogP) is 2.23. The van der Waals surface area contributed by atoms with E-state index in [0.29, 0.717) is 6.42 Å². The van der Waals surface area contributed by atoms with Gasteiger partial charge in [-0.15, -0.1) is 0 Å². The Labute approximate surface area is 88.9 Å². The van der Waals surface area contributed by atoms with Gasteiger partial charge in [0.05, 0.1) is 18.0 Å². The Morgan fingerprint density at radius 2 is 2.33 bits per heavy atom. The summed E-state index contributed by atoms with van der Waals surface area (Å²) < 4.78 is 5.25. The van der Waals surface area contributed by atoms with Crippen LogP contribution in [0.3, 0.4) is 0 Å². The molecule has 0 aromatic carbocycles. The van der Waals surface area contributed by atoms with Gasteiger partial charge in [-0.1, -0.05) is 0 Å². The van der Waals surface area contributed by atoms with Gasteiger partial charge < -0.3 is 10.2 Å². The second-order valence-electron chi connectivity index (χ2n) is 3.65. The van der Waals surface area contributed by atoms with Crippen molar-refractivity contribution in [1.29, 1.82) is 0 Å². The molecule has 0 aliphatic rings. The Hall–Kier alpha value is -1.61. The van der Waals surface area contributed by atoms with Gasteiger partial charge in [0.2, 0.25) is 0 Å². The van der Waals surface area contributed by atoms with Crippen LogP contribution in [-0.4, -0.2) is 4.98 Å². The SMILES string of the molecule is Cc1ccnc(C(N)Cc2ccco2)c1. The number of rotatable bonds is 3. The van der Waals surface area contributed by atoms with E-state index in [9.17, 15) is 0 Å². The van der Waals surface area contributed by atoms with Crippen molar-refractivity contribution < 1.29 is 4.42 Å². The van der Waals surface area contributed by atoms with Crippen molar-refractivity contribution in [2.45, 2.75) is 19.4 Å². The third-order valence-corrected chi connectivity index (χ3v) is 2.32. The molecule has 0 radical (unpaired) electrons. The fourth-order valence-electron chi connectivity index (χ4n) is 1.51. The molecule has 1 unspecified atom stereocenters. The van der Waals surface area contributed by atoms with Crippen LogP contribution in [0, 0.1) is 6.92 Å². The molecule has 2 rings (SSSR count). The van der Waals surface area contributed by atoms with E-state index in [0.717, 1.165) is 11.5 Å². The van der Waals surface area contributed by atoms with E-state index >= 15 is 0 Å². The quantitative estimate of drug-likeness (QED) is 0.830. The monoisotopic (exact) mass is 202 g/mol. The molecule has 1 atom stereocenters. The van der Waals surface area contributed by atoms with Gasteiger partial charge in [-0.2, -0.15) is 0 Å². The smallest absolute Gasteiger partial charge is 0.105 e. The number of hydrogen-bond donors (Lipinski definition) is 1. The lowest BCUT2D eigenvalue weighted by atomic mass is 10.1. The van der Waals surface area contributed by atoms with Gasteiger partial charge in [-0.25, -0.2) is 0 Å². The third kappa shape index (κ3) is 2.44. The van der Waals surface area contributed by atoms with E-state index in [1.807, 2.05) is 31.2 Å². The van der Waals surface area contributed by atoms with Gasteiger partial charge in [-0.3, -0.25) is 4.98 Å². The maximum atomic E-state index is 6.03. The number of furan rings is 1. The zero-order valence-electron chi connectivity index (χ0n) is 8.68. The number of nitrogens with two attached hydrogens (primary N) is 1. The Balaban J connectivity index is 2.11. The summed E-state index contributed by atoms with van der Waals surface area (Å²) in [4.78, 5) is 4.25. The van der Waals surface area contributed by atoms with E-state index in [-0.39, 0.29) is 6.04 Å². The zero-order valence-corrected chi connectivity index (χ0v) is 8.68. The molecule has 2 heterocycles. The summed E-state index contributed by atoms with van der Waals surface area (Å²) in [6.07, 6.45) is 4.13. The minimum atomic E-state index is -0.101. The summed E-state index contributed by atoms with van der Waals surface area (Å²) in [6, 6.07) is 7.66. The average molecular weight is 202 g/mol. The largest absolute Gasteiger partial charge is 0.469 e. The molecule has 0 aliphatic heterocycles. The number of aryl methyl sites for hydroxylation is 1. The molecule has 78 valence electrons. The molecule has 3 nitrogen and oxygen atoms in total. The van der Waals surface area contributed by atoms with Crippen molar-refractivity contribution in [2.75, 3.05) is 0 Å². The molecule has 2 aromatic rings. The number of pyridine rings is 1. The van der Waals surface area contributed by atoms with E-state index in [2.05, 4.69) is 4.98 Å². The molecule has 0 saturated carbocycles. The Morgan fingerprint density at radius 3 is 3.00 bits per heavy atom. The molecule has 0 amide bonds. The van der Waals surface area contributed by atoms with Crippen molar-refractivity contribution in [1.82, 2.24) is 4.98 Å². The summed E-state index contributed by atoms with van der Waals surface area (Å²) >= 11 is 0. The van der Waals surface area contributed by atoms with Gasteiger partial charge in [0.15, 0.2) is 0 Å². The van der Waals surface area contributed by atoms with Crippen LogP contribution in [0.5, 0.6) is 0 Å². The topological polar surface area (TPSA) is 52.0 Å². The summed E-state index contributed by atoms with van der Waals surface area (Å²) in [7, 11) is 0. The molecular formula is C12H14N2O. The van der Waals surface area contributed by atoms with Gasteiger partial charge in [0, 0.05) is 12.6 Å². The minimum Gasteiger partial charge on any atom is -0.469 e. The normalized spacial score (nSPS) is 12.7. The molecule has 2 N–H and O–H groups in total. The highest BCUT2D eigenvalue weighted by atomic mass is 16.3. The van der Waals surface area contributed by atoms with E-state index < -0.39 is 0 Å². The van der Waals surface area contributed by atoms with Crippen molar-refractivity contribution in [3.8, 4) is 0 Å². The molecule has 0 saturated heterocycles. The van der Waals surface area contributed by atoms with E-state index in [4.69, 9.17) is 10.2 Å². The lowest BCUT2D eigenvalue weighted by molar-refractivity contribution is 0.486. The van der Waals surface area contributed by atoms with Crippen LogP contribution in [0.2, 0.25) is 0 Å². The Kier molecular flexibility index (Phi) is 2.83. The summed E-state index contributed by atoms with van der Waals surface area (Å²) in [6.45, 7) is 2.03. The molecule has 0 aliphatic carbocycles. The van der Waals surface area contributed by atoms with Crippen molar-refractivity contribution in [3.63, 3.8) is 0 Å². The van der Waals surface area contributed by atoms with Crippen LogP contribution < -0.4 is 5.73 Å². The van der Waals surface area contributed by atoms with Gasteiger partial charge in [0.25, 0.3) is 0 Å². The van der Waals surface area contributed by atoms with Crippen LogP contribution >= 0.6 is 0 Å². The average Bonchev–Trinajstić information content (AvgIpc) is 2.70. The van der Waals surface area contributed by atoms with E-state index in [1.165, 1.54) is 5.56 Å². The first-order chi connectivity index (χ1) is 7.25. The predicted molar refractivity (Wildman–Crippen MR) is 58.3 cm³/mol. The summed E-state index contributed by atoms with van der Waals surface area (Å²) in [5.74, 6) is 0.894. The second-order valence-corrected chi connectivity index (χ2v) is 3.65. The highest BCUT2D eigenvalue weighted by molar-refractivity contribution is 5.18. The first-order valence-corrected chi connectivity index (χ1v) is 4.96. The lowest BCUT2D eigenvalue weighted by Gasteiger charge is -2.09. The first kappa shape index (κ1) is 9.93. The number of nitrogens with zero attached hydrogens (tertiary/aromatic N) is 1. The van der Waals surface area contributed by atoms with Crippen molar-refractivity contribution >= 4 is 0 Å². The van der Waals surface area contributed by atoms with Crippen LogP contribution in [-0.2, 0) is 6.42 Å². The third-order valence-electron chi connectivity index (χ3n) is 2.32. The van der Waals surface area contributed by atoms with Crippen LogP contribution in [0.15, 0.2) is 41.1 Å². The molecular weight excluding hydrogens is 188 g/mol. The fourth-order valence-corrected chi connectivity index (χ4v) is 1.51. The molecule has 2 aromatic heterocycles. The first-order valence-electron chi connectivity index (χ1n) is 4.96. The maximum Gasteiger partial charge on any atom is 0.105 e. The van der Waals surface area contributed by atoms with Crippen molar-refractivity contribution in [2.24, 2.45) is 5.73 Å². The van der Waals surface area contributed by atoms with Gasteiger partial charge in [-0.05, 0) is 36.8 Å². The second kappa shape index (κ2) is 4.28. The number of hydrogen-bond acceptors (Lipinski definition) is 3. The Morgan fingerprint density at radius 1 is 1.47 bits per heavy atom. The van der Waals surface area contributed by atoms with Crippen molar-refractivity contribution in [3.05, 3.63) is 53.7 Å². The van der Waals surface area contributed by atoms with E-state index in [1.54, 1.807) is 12.5 Å². The van der Waals surface area contributed by atoms with Crippen LogP contribution in [0.1, 0.15) is 23.1 Å². The van der Waals surface area contributed by atoms with Crippen LogP contribution in [0.25, 0.3) is 0 Å². The highest BCUT2D eigenvalue weighted by Crippen LogP contribution is 2.15.